The highest BCUT2D eigenvalue weighted by atomic mass is 127. The molecule has 8 heteroatoms. The molecule has 2 N–H and O–H groups in total. The summed E-state index contributed by atoms with van der Waals surface area (Å²) in [5.74, 6) is 2.74. The Morgan fingerprint density at radius 2 is 1.75 bits per heavy atom. The van der Waals surface area contributed by atoms with Crippen LogP contribution in [0.4, 0.5) is 0 Å². The van der Waals surface area contributed by atoms with Gasteiger partial charge in [-0.15, -0.1) is 24.0 Å². The quantitative estimate of drug-likeness (QED) is 0.273. The van der Waals surface area contributed by atoms with Crippen LogP contribution >= 0.6 is 35.7 Å². The Hall–Kier alpha value is 0.230. The van der Waals surface area contributed by atoms with Crippen LogP contribution in [-0.4, -0.2) is 87.1 Å². The largest absolute Gasteiger partial charge is 0.381 e. The van der Waals surface area contributed by atoms with Crippen LogP contribution in [0.1, 0.15) is 40.0 Å². The fraction of sp³-hybridized carbons (Fsp3) is 0.950. The number of hydrogen-bond acceptors (Lipinski definition) is 5. The molecular formula is C20H41IN4O2S. The molecule has 1 atom stereocenters. The van der Waals surface area contributed by atoms with Crippen molar-refractivity contribution in [1.82, 2.24) is 15.5 Å². The molecule has 0 radical (unpaired) electrons. The van der Waals surface area contributed by atoms with Crippen LogP contribution in [0.25, 0.3) is 0 Å². The third-order valence-corrected chi connectivity index (χ3v) is 6.92. The molecule has 2 rings (SSSR count). The summed E-state index contributed by atoms with van der Waals surface area (Å²) in [7, 11) is 1.87. The average Bonchev–Trinajstić information content (AvgIpc) is 2.68. The minimum Gasteiger partial charge on any atom is -0.381 e. The third-order valence-electron chi connectivity index (χ3n) is 5.47. The smallest absolute Gasteiger partial charge is 0.191 e. The Morgan fingerprint density at radius 3 is 2.32 bits per heavy atom. The van der Waals surface area contributed by atoms with Crippen LogP contribution in [0.5, 0.6) is 0 Å². The van der Waals surface area contributed by atoms with E-state index >= 15 is 0 Å². The topological polar surface area (TPSA) is 58.1 Å². The van der Waals surface area contributed by atoms with E-state index in [0.29, 0.717) is 12.0 Å². The number of hydrogen-bond donors (Lipinski definition) is 2. The molecule has 166 valence electrons. The molecule has 2 fully saturated rings. The highest BCUT2D eigenvalue weighted by Gasteiger charge is 2.32. The second kappa shape index (κ2) is 14.3. The molecule has 0 aromatic heterocycles. The van der Waals surface area contributed by atoms with Crippen LogP contribution in [0, 0.1) is 5.92 Å². The maximum Gasteiger partial charge on any atom is 0.191 e. The van der Waals surface area contributed by atoms with E-state index in [9.17, 15) is 0 Å². The molecule has 0 aromatic carbocycles. The monoisotopic (exact) mass is 528 g/mol. The van der Waals surface area contributed by atoms with Crippen LogP contribution < -0.4 is 10.6 Å². The van der Waals surface area contributed by atoms with E-state index in [1.54, 1.807) is 0 Å². The zero-order chi connectivity index (χ0) is 19.5. The van der Waals surface area contributed by atoms with Crippen molar-refractivity contribution in [2.45, 2.75) is 50.8 Å². The number of nitrogens with one attached hydrogen (secondary N) is 2. The molecule has 0 spiro atoms. The predicted molar refractivity (Wildman–Crippen MR) is 131 cm³/mol. The average molecular weight is 529 g/mol. The zero-order valence-electron chi connectivity index (χ0n) is 18.2. The number of ether oxygens (including phenoxy) is 2. The van der Waals surface area contributed by atoms with Crippen LogP contribution in [0.2, 0.25) is 0 Å². The zero-order valence-corrected chi connectivity index (χ0v) is 21.3. The van der Waals surface area contributed by atoms with Gasteiger partial charge in [-0.05, 0) is 30.9 Å². The highest BCUT2D eigenvalue weighted by molar-refractivity contribution is 14.0. The molecule has 0 amide bonds. The molecule has 2 aliphatic heterocycles. The number of nitrogens with zero attached hydrogens (tertiary/aromatic N) is 2. The molecule has 0 aromatic rings. The normalized spacial score (nSPS) is 21.8. The standard InChI is InChI=1S/C20H40N4O2S.HI/c1-5-27-20(6-10-25-11-7-20)16-23-19(21-4)22-15-18(14-17(2)3)24-8-12-26-13-9-24;/h17-18H,5-16H2,1-4H3,(H2,21,22,23);1H. The molecule has 2 aliphatic rings. The Morgan fingerprint density at radius 1 is 1.11 bits per heavy atom. The molecule has 2 saturated heterocycles. The van der Waals surface area contributed by atoms with E-state index in [4.69, 9.17) is 9.47 Å². The van der Waals surface area contributed by atoms with Crippen molar-refractivity contribution in [1.29, 1.82) is 0 Å². The summed E-state index contributed by atoms with van der Waals surface area (Å²) >= 11 is 2.06. The van der Waals surface area contributed by atoms with E-state index in [1.165, 1.54) is 6.42 Å². The fourth-order valence-corrected chi connectivity index (χ4v) is 5.19. The van der Waals surface area contributed by atoms with Crippen LogP contribution in [0.15, 0.2) is 4.99 Å². The van der Waals surface area contributed by atoms with Gasteiger partial charge in [-0.25, -0.2) is 0 Å². The number of guanidine groups is 1. The van der Waals surface area contributed by atoms with Gasteiger partial charge in [-0.2, -0.15) is 11.8 Å². The van der Waals surface area contributed by atoms with Gasteiger partial charge in [0.25, 0.3) is 0 Å². The highest BCUT2D eigenvalue weighted by Crippen LogP contribution is 2.34. The number of aliphatic imine (C=N–C) groups is 1. The van der Waals surface area contributed by atoms with Gasteiger partial charge in [0, 0.05) is 57.2 Å². The lowest BCUT2D eigenvalue weighted by Gasteiger charge is -2.38. The summed E-state index contributed by atoms with van der Waals surface area (Å²) < 4.78 is 11.4. The van der Waals surface area contributed by atoms with Crippen molar-refractivity contribution in [3.63, 3.8) is 0 Å². The lowest BCUT2D eigenvalue weighted by Crippen LogP contribution is -2.53. The lowest BCUT2D eigenvalue weighted by atomic mass is 9.99. The van der Waals surface area contributed by atoms with Crippen molar-refractivity contribution in [2.24, 2.45) is 10.9 Å². The first-order chi connectivity index (χ1) is 13.1. The molecule has 0 aliphatic carbocycles. The van der Waals surface area contributed by atoms with Gasteiger partial charge in [0.2, 0.25) is 0 Å². The maximum atomic E-state index is 5.58. The lowest BCUT2D eigenvalue weighted by molar-refractivity contribution is 0.0132. The SMILES string of the molecule is CCSC1(CNC(=NC)NCC(CC(C)C)N2CCOCC2)CCOCC1.I. The molecule has 28 heavy (non-hydrogen) atoms. The van der Waals surface area contributed by atoms with Crippen molar-refractivity contribution in [3.8, 4) is 0 Å². The fourth-order valence-electron chi connectivity index (χ4n) is 3.95. The van der Waals surface area contributed by atoms with Crippen molar-refractivity contribution in [3.05, 3.63) is 0 Å². The van der Waals surface area contributed by atoms with E-state index < -0.39 is 0 Å². The summed E-state index contributed by atoms with van der Waals surface area (Å²) in [4.78, 5) is 7.04. The van der Waals surface area contributed by atoms with Gasteiger partial charge in [-0.1, -0.05) is 20.8 Å². The maximum absolute atomic E-state index is 5.58. The van der Waals surface area contributed by atoms with Crippen molar-refractivity contribution < 1.29 is 9.47 Å². The Bertz CT molecular complexity index is 436. The van der Waals surface area contributed by atoms with Crippen LogP contribution in [-0.2, 0) is 9.47 Å². The number of rotatable bonds is 9. The molecule has 0 bridgehead atoms. The Labute approximate surface area is 193 Å². The van der Waals surface area contributed by atoms with E-state index in [-0.39, 0.29) is 28.7 Å². The minimum atomic E-state index is 0. The van der Waals surface area contributed by atoms with E-state index in [0.717, 1.165) is 77.2 Å². The molecule has 1 unspecified atom stereocenters. The summed E-state index contributed by atoms with van der Waals surface area (Å²) in [6.45, 7) is 14.2. The molecule has 2 heterocycles. The van der Waals surface area contributed by atoms with E-state index in [2.05, 4.69) is 53.1 Å². The van der Waals surface area contributed by atoms with Gasteiger partial charge in [0.1, 0.15) is 0 Å². The number of thioether (sulfide) groups is 1. The van der Waals surface area contributed by atoms with Gasteiger partial charge in [-0.3, -0.25) is 9.89 Å². The summed E-state index contributed by atoms with van der Waals surface area (Å²) in [6, 6.07) is 0.523. The van der Waals surface area contributed by atoms with Gasteiger partial charge < -0.3 is 20.1 Å². The van der Waals surface area contributed by atoms with Crippen molar-refractivity contribution >= 4 is 41.7 Å². The molecular weight excluding hydrogens is 487 g/mol. The van der Waals surface area contributed by atoms with Gasteiger partial charge in [0.15, 0.2) is 5.96 Å². The summed E-state index contributed by atoms with van der Waals surface area (Å²) in [6.07, 6.45) is 3.41. The third kappa shape index (κ3) is 8.93. The number of halogens is 1. The summed E-state index contributed by atoms with van der Waals surface area (Å²) in [5.41, 5.74) is 0. The minimum absolute atomic E-state index is 0. The first-order valence-corrected chi connectivity index (χ1v) is 11.5. The molecule has 6 nitrogen and oxygen atoms in total. The van der Waals surface area contributed by atoms with Gasteiger partial charge in [0.05, 0.1) is 13.2 Å². The second-order valence-corrected chi connectivity index (χ2v) is 9.70. The number of morpholine rings is 1. The predicted octanol–water partition coefficient (Wildman–Crippen LogP) is 2.82. The second-order valence-electron chi connectivity index (χ2n) is 7.97. The first-order valence-electron chi connectivity index (χ1n) is 10.6. The van der Waals surface area contributed by atoms with Crippen molar-refractivity contribution in [2.75, 3.05) is 65.4 Å². The first kappa shape index (κ1) is 26.3. The summed E-state index contributed by atoms with van der Waals surface area (Å²) in [5, 5.41) is 7.18. The van der Waals surface area contributed by atoms with E-state index in [1.807, 2.05) is 7.05 Å². The molecule has 0 saturated carbocycles. The Balaban J connectivity index is 0.00000392. The Kier molecular flexibility index (Phi) is 13.4. The van der Waals surface area contributed by atoms with Gasteiger partial charge >= 0.3 is 0 Å². The van der Waals surface area contributed by atoms with Crippen LogP contribution in [0.3, 0.4) is 0 Å².